The number of aryl methyl sites for hydroxylation is 1. The standard InChI is InChI=1S/C12H15BrClNO/c1-8-4-5-9(6-10(8)14)11(16)15-12(2,3)7-13/h4-6H,7H2,1-3H3,(H,15,16). The molecular formula is C12H15BrClNO. The van der Waals surface area contributed by atoms with Crippen LogP contribution in [0, 0.1) is 6.92 Å². The number of carbonyl (C=O) groups is 1. The lowest BCUT2D eigenvalue weighted by molar-refractivity contribution is 0.0921. The van der Waals surface area contributed by atoms with Crippen molar-refractivity contribution in [1.29, 1.82) is 0 Å². The maximum absolute atomic E-state index is 11.9. The molecule has 0 atom stereocenters. The summed E-state index contributed by atoms with van der Waals surface area (Å²) in [5, 5.41) is 4.24. The van der Waals surface area contributed by atoms with E-state index in [4.69, 9.17) is 11.6 Å². The molecule has 0 saturated heterocycles. The molecule has 0 heterocycles. The number of hydrogen-bond acceptors (Lipinski definition) is 1. The number of amides is 1. The highest BCUT2D eigenvalue weighted by Gasteiger charge is 2.19. The maximum atomic E-state index is 11.9. The van der Waals surface area contributed by atoms with Gasteiger partial charge in [0.05, 0.1) is 0 Å². The van der Waals surface area contributed by atoms with Crippen molar-refractivity contribution in [3.8, 4) is 0 Å². The van der Waals surface area contributed by atoms with Gasteiger partial charge in [0.15, 0.2) is 0 Å². The summed E-state index contributed by atoms with van der Waals surface area (Å²) in [6, 6.07) is 5.32. The van der Waals surface area contributed by atoms with E-state index >= 15 is 0 Å². The van der Waals surface area contributed by atoms with Crippen LogP contribution in [-0.2, 0) is 0 Å². The first-order valence-electron chi connectivity index (χ1n) is 5.00. The highest BCUT2D eigenvalue weighted by atomic mass is 79.9. The van der Waals surface area contributed by atoms with E-state index in [1.54, 1.807) is 12.1 Å². The normalized spacial score (nSPS) is 11.3. The topological polar surface area (TPSA) is 29.1 Å². The zero-order valence-electron chi connectivity index (χ0n) is 9.60. The monoisotopic (exact) mass is 303 g/mol. The molecule has 0 saturated carbocycles. The average molecular weight is 305 g/mol. The Labute approximate surface area is 110 Å². The molecule has 1 rings (SSSR count). The zero-order chi connectivity index (χ0) is 12.3. The fraction of sp³-hybridized carbons (Fsp3) is 0.417. The minimum atomic E-state index is -0.269. The predicted octanol–water partition coefficient (Wildman–Crippen LogP) is 3.55. The molecule has 0 fully saturated rings. The van der Waals surface area contributed by atoms with E-state index in [0.29, 0.717) is 15.9 Å². The third kappa shape index (κ3) is 3.49. The van der Waals surface area contributed by atoms with Crippen LogP contribution in [0.25, 0.3) is 0 Å². The zero-order valence-corrected chi connectivity index (χ0v) is 11.9. The molecule has 0 aliphatic heterocycles. The second kappa shape index (κ2) is 5.19. The van der Waals surface area contributed by atoms with E-state index in [1.165, 1.54) is 0 Å². The van der Waals surface area contributed by atoms with Gasteiger partial charge in [0.25, 0.3) is 5.91 Å². The van der Waals surface area contributed by atoms with E-state index < -0.39 is 0 Å². The molecule has 88 valence electrons. The number of halogens is 2. The van der Waals surface area contributed by atoms with Crippen LogP contribution < -0.4 is 5.32 Å². The van der Waals surface area contributed by atoms with Crippen LogP contribution in [0.5, 0.6) is 0 Å². The number of hydrogen-bond donors (Lipinski definition) is 1. The lowest BCUT2D eigenvalue weighted by Crippen LogP contribution is -2.44. The fourth-order valence-corrected chi connectivity index (χ4v) is 1.47. The summed E-state index contributed by atoms with van der Waals surface area (Å²) in [6.07, 6.45) is 0. The van der Waals surface area contributed by atoms with Gasteiger partial charge < -0.3 is 5.32 Å². The summed E-state index contributed by atoms with van der Waals surface area (Å²) >= 11 is 9.33. The molecule has 0 aliphatic rings. The molecule has 1 aromatic carbocycles. The molecule has 0 unspecified atom stereocenters. The van der Waals surface area contributed by atoms with Gasteiger partial charge in [-0.05, 0) is 38.5 Å². The molecule has 1 N–H and O–H groups in total. The minimum Gasteiger partial charge on any atom is -0.346 e. The molecule has 0 radical (unpaired) electrons. The molecule has 0 aromatic heterocycles. The van der Waals surface area contributed by atoms with Crippen molar-refractivity contribution in [3.05, 3.63) is 34.3 Å². The Morgan fingerprint density at radius 3 is 2.62 bits per heavy atom. The summed E-state index contributed by atoms with van der Waals surface area (Å²) in [4.78, 5) is 11.9. The highest BCUT2D eigenvalue weighted by Crippen LogP contribution is 2.17. The van der Waals surface area contributed by atoms with Crippen molar-refractivity contribution in [1.82, 2.24) is 5.32 Å². The van der Waals surface area contributed by atoms with Gasteiger partial charge in [0, 0.05) is 21.5 Å². The Hall–Kier alpha value is -0.540. The van der Waals surface area contributed by atoms with Gasteiger partial charge in [-0.1, -0.05) is 33.6 Å². The largest absolute Gasteiger partial charge is 0.346 e. The first kappa shape index (κ1) is 13.5. The molecular weight excluding hydrogens is 289 g/mol. The Kier molecular flexibility index (Phi) is 4.39. The molecule has 2 nitrogen and oxygen atoms in total. The first-order chi connectivity index (χ1) is 7.35. The SMILES string of the molecule is Cc1ccc(C(=O)NC(C)(C)CBr)cc1Cl. The molecule has 0 spiro atoms. The van der Waals surface area contributed by atoms with Crippen molar-refractivity contribution < 1.29 is 4.79 Å². The van der Waals surface area contributed by atoms with Gasteiger partial charge in [0.2, 0.25) is 0 Å². The Bertz CT molecular complexity index is 404. The van der Waals surface area contributed by atoms with E-state index in [-0.39, 0.29) is 11.4 Å². The summed E-state index contributed by atoms with van der Waals surface area (Å²) < 4.78 is 0. The van der Waals surface area contributed by atoms with Crippen LogP contribution in [-0.4, -0.2) is 16.8 Å². The summed E-state index contributed by atoms with van der Waals surface area (Å²) in [5.74, 6) is -0.105. The van der Waals surface area contributed by atoms with Crippen LogP contribution in [0.2, 0.25) is 5.02 Å². The Morgan fingerprint density at radius 1 is 1.50 bits per heavy atom. The summed E-state index contributed by atoms with van der Waals surface area (Å²) in [7, 11) is 0. The third-order valence-electron chi connectivity index (χ3n) is 2.22. The third-order valence-corrected chi connectivity index (χ3v) is 4.03. The van der Waals surface area contributed by atoms with E-state index in [9.17, 15) is 4.79 Å². The fourth-order valence-electron chi connectivity index (χ4n) is 1.15. The molecule has 1 aromatic rings. The van der Waals surface area contributed by atoms with Crippen LogP contribution in [0.3, 0.4) is 0 Å². The number of carbonyl (C=O) groups excluding carboxylic acids is 1. The van der Waals surface area contributed by atoms with Crippen LogP contribution >= 0.6 is 27.5 Å². The predicted molar refractivity (Wildman–Crippen MR) is 71.5 cm³/mol. The number of alkyl halides is 1. The van der Waals surface area contributed by atoms with Crippen molar-refractivity contribution >= 4 is 33.4 Å². The van der Waals surface area contributed by atoms with Crippen molar-refractivity contribution in [2.75, 3.05) is 5.33 Å². The van der Waals surface area contributed by atoms with Crippen molar-refractivity contribution in [2.24, 2.45) is 0 Å². The van der Waals surface area contributed by atoms with Crippen molar-refractivity contribution in [3.63, 3.8) is 0 Å². The maximum Gasteiger partial charge on any atom is 0.251 e. The van der Waals surface area contributed by atoms with E-state index in [0.717, 1.165) is 5.56 Å². The molecule has 0 aliphatic carbocycles. The molecule has 16 heavy (non-hydrogen) atoms. The van der Waals surface area contributed by atoms with Gasteiger partial charge in [-0.25, -0.2) is 0 Å². The summed E-state index contributed by atoms with van der Waals surface area (Å²) in [5.41, 5.74) is 1.29. The van der Waals surface area contributed by atoms with Gasteiger partial charge in [-0.15, -0.1) is 0 Å². The van der Waals surface area contributed by atoms with Gasteiger partial charge in [0.1, 0.15) is 0 Å². The smallest absolute Gasteiger partial charge is 0.251 e. The summed E-state index contributed by atoms with van der Waals surface area (Å²) in [6.45, 7) is 5.82. The number of rotatable bonds is 3. The second-order valence-corrected chi connectivity index (χ2v) is 5.40. The average Bonchev–Trinajstić information content (AvgIpc) is 2.21. The lowest BCUT2D eigenvalue weighted by atomic mass is 10.1. The molecule has 4 heteroatoms. The van der Waals surface area contributed by atoms with Crippen LogP contribution in [0.1, 0.15) is 29.8 Å². The second-order valence-electron chi connectivity index (χ2n) is 4.44. The Morgan fingerprint density at radius 2 is 2.12 bits per heavy atom. The lowest BCUT2D eigenvalue weighted by Gasteiger charge is -2.23. The van der Waals surface area contributed by atoms with Crippen molar-refractivity contribution in [2.45, 2.75) is 26.3 Å². The first-order valence-corrected chi connectivity index (χ1v) is 6.50. The van der Waals surface area contributed by atoms with Gasteiger partial charge in [-0.3, -0.25) is 4.79 Å². The quantitative estimate of drug-likeness (QED) is 0.850. The molecule has 0 bridgehead atoms. The van der Waals surface area contributed by atoms with E-state index in [2.05, 4.69) is 21.2 Å². The number of nitrogens with one attached hydrogen (secondary N) is 1. The van der Waals surface area contributed by atoms with Crippen LogP contribution in [0.15, 0.2) is 18.2 Å². The molecule has 1 amide bonds. The van der Waals surface area contributed by atoms with Gasteiger partial charge in [-0.2, -0.15) is 0 Å². The highest BCUT2D eigenvalue weighted by molar-refractivity contribution is 9.09. The minimum absolute atomic E-state index is 0.105. The van der Waals surface area contributed by atoms with E-state index in [1.807, 2.05) is 26.8 Å². The Balaban J connectivity index is 2.85. The van der Waals surface area contributed by atoms with Gasteiger partial charge >= 0.3 is 0 Å². The number of benzene rings is 1. The van der Waals surface area contributed by atoms with Crippen LogP contribution in [0.4, 0.5) is 0 Å².